The summed E-state index contributed by atoms with van der Waals surface area (Å²) in [4.78, 5) is 14.4. The van der Waals surface area contributed by atoms with E-state index >= 15 is 0 Å². The first-order chi connectivity index (χ1) is 14.2. The molecule has 1 aromatic rings. The molecule has 0 radical (unpaired) electrons. The molecule has 0 atom stereocenters. The van der Waals surface area contributed by atoms with Gasteiger partial charge in [0.25, 0.3) is 0 Å². The highest BCUT2D eigenvalue weighted by atomic mass is 16.2. The molecule has 0 bridgehead atoms. The summed E-state index contributed by atoms with van der Waals surface area (Å²) in [5.41, 5.74) is 1.25. The van der Waals surface area contributed by atoms with Gasteiger partial charge >= 0.3 is 0 Å². The van der Waals surface area contributed by atoms with Crippen molar-refractivity contribution in [2.75, 3.05) is 0 Å². The van der Waals surface area contributed by atoms with E-state index < -0.39 is 0 Å². The fourth-order valence-electron chi connectivity index (χ4n) is 5.94. The van der Waals surface area contributed by atoms with E-state index in [0.29, 0.717) is 6.04 Å². The van der Waals surface area contributed by atoms with Gasteiger partial charge in [0.2, 0.25) is 5.91 Å². The molecule has 2 heterocycles. The minimum atomic E-state index is -0.112. The topological polar surface area (TPSA) is 25.2 Å². The summed E-state index contributed by atoms with van der Waals surface area (Å²) in [5, 5.41) is 0. The van der Waals surface area contributed by atoms with E-state index in [0.717, 1.165) is 12.8 Å². The SMILES string of the molecule is CCCCCCCCCCCCc1ccn(C2CC(C)(C)N(C(C)=O)C(C)(C)C2)c1. The Morgan fingerprint density at radius 1 is 0.900 bits per heavy atom. The summed E-state index contributed by atoms with van der Waals surface area (Å²) in [6, 6.07) is 2.78. The third kappa shape index (κ3) is 7.17. The summed E-state index contributed by atoms with van der Waals surface area (Å²) in [6.07, 6.45) is 21.8. The average Bonchev–Trinajstić information content (AvgIpc) is 3.09. The van der Waals surface area contributed by atoms with Gasteiger partial charge in [-0.15, -0.1) is 0 Å². The van der Waals surface area contributed by atoms with Crippen LogP contribution in [0.15, 0.2) is 18.5 Å². The maximum Gasteiger partial charge on any atom is 0.220 e. The fraction of sp³-hybridized carbons (Fsp3) is 0.815. The third-order valence-electron chi connectivity index (χ3n) is 7.01. The quantitative estimate of drug-likeness (QED) is 0.321. The summed E-state index contributed by atoms with van der Waals surface area (Å²) in [6.45, 7) is 12.9. The van der Waals surface area contributed by atoms with Gasteiger partial charge in [0.1, 0.15) is 0 Å². The summed E-state index contributed by atoms with van der Waals surface area (Å²) >= 11 is 0. The molecule has 0 saturated carbocycles. The van der Waals surface area contributed by atoms with E-state index in [4.69, 9.17) is 0 Å². The first kappa shape index (κ1) is 25.0. The van der Waals surface area contributed by atoms with Crippen molar-refractivity contribution in [2.45, 2.75) is 142 Å². The highest BCUT2D eigenvalue weighted by Crippen LogP contribution is 2.43. The van der Waals surface area contributed by atoms with Gasteiger partial charge in [-0.1, -0.05) is 64.7 Å². The van der Waals surface area contributed by atoms with Crippen molar-refractivity contribution in [3.63, 3.8) is 0 Å². The van der Waals surface area contributed by atoms with Crippen LogP contribution in [0.1, 0.15) is 130 Å². The Morgan fingerprint density at radius 3 is 1.90 bits per heavy atom. The van der Waals surface area contributed by atoms with Crippen LogP contribution in [0.3, 0.4) is 0 Å². The van der Waals surface area contributed by atoms with Crippen molar-refractivity contribution < 1.29 is 4.79 Å². The first-order valence-electron chi connectivity index (χ1n) is 12.6. The highest BCUT2D eigenvalue weighted by Gasteiger charge is 2.46. The summed E-state index contributed by atoms with van der Waals surface area (Å²) in [5.74, 6) is 0.192. The lowest BCUT2D eigenvalue weighted by Gasteiger charge is -2.55. The van der Waals surface area contributed by atoms with Crippen molar-refractivity contribution in [2.24, 2.45) is 0 Å². The molecule has 1 aliphatic heterocycles. The number of nitrogens with zero attached hydrogens (tertiary/aromatic N) is 2. The summed E-state index contributed by atoms with van der Waals surface area (Å²) in [7, 11) is 0. The van der Waals surface area contributed by atoms with E-state index in [1.165, 1.54) is 76.2 Å². The van der Waals surface area contributed by atoms with Gasteiger partial charge in [-0.25, -0.2) is 0 Å². The maximum atomic E-state index is 12.3. The molecule has 172 valence electrons. The molecule has 1 aromatic heterocycles. The molecular weight excluding hydrogens is 368 g/mol. The van der Waals surface area contributed by atoms with Gasteiger partial charge < -0.3 is 9.47 Å². The molecule has 3 heteroatoms. The van der Waals surface area contributed by atoms with Crippen molar-refractivity contribution in [1.82, 2.24) is 9.47 Å². The largest absolute Gasteiger partial charge is 0.351 e. The Balaban J connectivity index is 1.74. The molecule has 2 rings (SSSR count). The minimum absolute atomic E-state index is 0.112. The highest BCUT2D eigenvalue weighted by molar-refractivity contribution is 5.75. The van der Waals surface area contributed by atoms with Gasteiger partial charge in [0.15, 0.2) is 0 Å². The van der Waals surface area contributed by atoms with Crippen LogP contribution < -0.4 is 0 Å². The molecule has 0 aromatic carbocycles. The number of hydrogen-bond acceptors (Lipinski definition) is 1. The van der Waals surface area contributed by atoms with Crippen molar-refractivity contribution in [3.05, 3.63) is 24.0 Å². The monoisotopic (exact) mass is 416 g/mol. The van der Waals surface area contributed by atoms with Crippen LogP contribution in [-0.4, -0.2) is 26.5 Å². The molecule has 30 heavy (non-hydrogen) atoms. The van der Waals surface area contributed by atoms with Gasteiger partial charge in [-0.05, 0) is 65.0 Å². The molecule has 1 fully saturated rings. The molecule has 0 unspecified atom stereocenters. The molecule has 0 N–H and O–H groups in total. The predicted molar refractivity (Wildman–Crippen MR) is 129 cm³/mol. The second-order valence-electron chi connectivity index (χ2n) is 10.9. The molecule has 0 spiro atoms. The van der Waals surface area contributed by atoms with E-state index in [-0.39, 0.29) is 17.0 Å². The average molecular weight is 417 g/mol. The number of likely N-dealkylation sites (tertiary alicyclic amines) is 1. The zero-order valence-electron chi connectivity index (χ0n) is 20.8. The van der Waals surface area contributed by atoms with Gasteiger partial charge in [0.05, 0.1) is 0 Å². The number of piperidine rings is 1. The van der Waals surface area contributed by atoms with Crippen LogP contribution in [0.4, 0.5) is 0 Å². The van der Waals surface area contributed by atoms with E-state index in [1.54, 1.807) is 6.92 Å². The molecule has 0 aliphatic carbocycles. The normalized spacial score (nSPS) is 18.7. The van der Waals surface area contributed by atoms with Crippen LogP contribution >= 0.6 is 0 Å². The molecule has 3 nitrogen and oxygen atoms in total. The number of amides is 1. The van der Waals surface area contributed by atoms with E-state index in [2.05, 4.69) is 62.5 Å². The van der Waals surface area contributed by atoms with Gasteiger partial charge in [0, 0.05) is 36.4 Å². The second-order valence-corrected chi connectivity index (χ2v) is 10.9. The molecule has 1 saturated heterocycles. The number of rotatable bonds is 12. The maximum absolute atomic E-state index is 12.3. The Labute approximate surface area is 186 Å². The molecule has 1 amide bonds. The predicted octanol–water partition coefficient (Wildman–Crippen LogP) is 7.69. The van der Waals surface area contributed by atoms with E-state index in [9.17, 15) is 4.79 Å². The number of unbranched alkanes of at least 4 members (excludes halogenated alkanes) is 9. The molecule has 1 aliphatic rings. The van der Waals surface area contributed by atoms with Crippen molar-refractivity contribution in [3.8, 4) is 0 Å². The Hall–Kier alpha value is -1.25. The Bertz CT molecular complexity index is 625. The lowest BCUT2D eigenvalue weighted by molar-refractivity contribution is -0.148. The Morgan fingerprint density at radius 2 is 1.40 bits per heavy atom. The first-order valence-corrected chi connectivity index (χ1v) is 12.6. The number of hydrogen-bond donors (Lipinski definition) is 0. The lowest BCUT2D eigenvalue weighted by Crippen LogP contribution is -2.62. The molecular formula is C27H48N2O. The number of aryl methyl sites for hydroxylation is 1. The van der Waals surface area contributed by atoms with Gasteiger partial charge in [-0.3, -0.25) is 4.79 Å². The van der Waals surface area contributed by atoms with Gasteiger partial charge in [-0.2, -0.15) is 0 Å². The van der Waals surface area contributed by atoms with Crippen molar-refractivity contribution in [1.29, 1.82) is 0 Å². The standard InChI is InChI=1S/C27H48N2O/c1-7-8-9-10-11-12-13-14-15-16-17-24-18-19-28(22-24)25-20-26(3,4)29(23(2)30)27(5,6)21-25/h18-19,22,25H,7-17,20-21H2,1-6H3. The minimum Gasteiger partial charge on any atom is -0.351 e. The number of carbonyl (C=O) groups is 1. The number of aromatic nitrogens is 1. The van der Waals surface area contributed by atoms with Crippen LogP contribution in [0.2, 0.25) is 0 Å². The second kappa shape index (κ2) is 11.4. The van der Waals surface area contributed by atoms with Crippen LogP contribution in [-0.2, 0) is 11.2 Å². The zero-order chi connectivity index (χ0) is 22.2. The lowest BCUT2D eigenvalue weighted by atomic mass is 9.76. The van der Waals surface area contributed by atoms with Crippen LogP contribution in [0.5, 0.6) is 0 Å². The smallest absolute Gasteiger partial charge is 0.220 e. The fourth-order valence-corrected chi connectivity index (χ4v) is 5.94. The third-order valence-corrected chi connectivity index (χ3v) is 7.01. The van der Waals surface area contributed by atoms with E-state index in [1.807, 2.05) is 0 Å². The van der Waals surface area contributed by atoms with Crippen molar-refractivity contribution >= 4 is 5.91 Å². The van der Waals surface area contributed by atoms with Crippen LogP contribution in [0.25, 0.3) is 0 Å². The zero-order valence-corrected chi connectivity index (χ0v) is 20.8. The van der Waals surface area contributed by atoms with Crippen LogP contribution in [0, 0.1) is 0 Å². The Kier molecular flexibility index (Phi) is 9.50. The number of carbonyl (C=O) groups excluding carboxylic acids is 1. The summed E-state index contributed by atoms with van der Waals surface area (Å²) < 4.78 is 2.42.